The number of benzene rings is 1. The summed E-state index contributed by atoms with van der Waals surface area (Å²) in [6.45, 7) is 5.91. The smallest absolute Gasteiger partial charge is 0.321 e. The molecular weight excluding hydrogens is 342 g/mol. The number of rotatable bonds is 3. The van der Waals surface area contributed by atoms with Gasteiger partial charge in [-0.3, -0.25) is 4.90 Å². The third-order valence-electron chi connectivity index (χ3n) is 5.85. The van der Waals surface area contributed by atoms with Gasteiger partial charge in [-0.1, -0.05) is 12.1 Å². The third-order valence-corrected chi connectivity index (χ3v) is 5.85. The van der Waals surface area contributed by atoms with E-state index in [0.29, 0.717) is 25.4 Å². The molecule has 1 N–H and O–H groups in total. The van der Waals surface area contributed by atoms with Crippen molar-refractivity contribution in [2.45, 2.75) is 31.8 Å². The lowest BCUT2D eigenvalue weighted by atomic mass is 9.83. The summed E-state index contributed by atoms with van der Waals surface area (Å²) in [5, 5.41) is 3.01. The van der Waals surface area contributed by atoms with Gasteiger partial charge in [-0.2, -0.15) is 0 Å². The molecule has 0 bridgehead atoms. The molecule has 2 aliphatic heterocycles. The highest BCUT2D eigenvalue weighted by Gasteiger charge is 2.45. The summed E-state index contributed by atoms with van der Waals surface area (Å²) in [5.41, 5.74) is 0.650. The predicted octanol–water partition coefficient (Wildman–Crippen LogP) is 2.75. The molecule has 2 aliphatic rings. The number of carbonyl (C=O) groups excluding carboxylic acids is 1. The van der Waals surface area contributed by atoms with Crippen molar-refractivity contribution in [1.29, 1.82) is 0 Å². The number of hydrogen-bond acceptors (Lipinski definition) is 4. The minimum Gasteiger partial charge on any atom is -0.492 e. The number of anilines is 1. The number of hydrogen-bond donors (Lipinski definition) is 1. The van der Waals surface area contributed by atoms with Crippen molar-refractivity contribution in [2.75, 3.05) is 38.6 Å². The SMILES string of the molecule is CCOc1ccccc1NC(=O)N1CCC2(CC1)c1nccn1CCN2C. The lowest BCUT2D eigenvalue weighted by Crippen LogP contribution is -2.57. The summed E-state index contributed by atoms with van der Waals surface area (Å²) < 4.78 is 7.87. The molecule has 4 rings (SSSR count). The maximum atomic E-state index is 12.8. The van der Waals surface area contributed by atoms with Crippen LogP contribution in [0.25, 0.3) is 0 Å². The van der Waals surface area contributed by atoms with Crippen LogP contribution in [0.15, 0.2) is 36.7 Å². The lowest BCUT2D eigenvalue weighted by molar-refractivity contribution is 0.0197. The molecule has 2 aromatic rings. The van der Waals surface area contributed by atoms with E-state index in [2.05, 4.69) is 33.0 Å². The molecule has 1 aromatic heterocycles. The largest absolute Gasteiger partial charge is 0.492 e. The minimum atomic E-state index is -0.0705. The van der Waals surface area contributed by atoms with E-state index in [1.165, 1.54) is 0 Å². The van der Waals surface area contributed by atoms with Crippen molar-refractivity contribution in [3.05, 3.63) is 42.5 Å². The second kappa shape index (κ2) is 7.23. The summed E-state index contributed by atoms with van der Waals surface area (Å²) in [5.74, 6) is 1.84. The number of likely N-dealkylation sites (N-methyl/N-ethyl adjacent to an activating group) is 1. The summed E-state index contributed by atoms with van der Waals surface area (Å²) in [4.78, 5) is 21.7. The van der Waals surface area contributed by atoms with E-state index in [4.69, 9.17) is 4.74 Å². The molecule has 7 nitrogen and oxygen atoms in total. The highest BCUT2D eigenvalue weighted by atomic mass is 16.5. The Morgan fingerprint density at radius 1 is 1.22 bits per heavy atom. The molecule has 1 aromatic carbocycles. The summed E-state index contributed by atoms with van der Waals surface area (Å²) >= 11 is 0. The molecular formula is C20H27N5O2. The van der Waals surface area contributed by atoms with E-state index < -0.39 is 0 Å². The molecule has 3 heterocycles. The fraction of sp³-hybridized carbons (Fsp3) is 0.500. The average Bonchev–Trinajstić information content (AvgIpc) is 3.17. The van der Waals surface area contributed by atoms with Crippen LogP contribution in [-0.2, 0) is 12.1 Å². The number of nitrogens with one attached hydrogen (secondary N) is 1. The van der Waals surface area contributed by atoms with Crippen LogP contribution in [0.3, 0.4) is 0 Å². The fourth-order valence-corrected chi connectivity index (χ4v) is 4.27. The number of likely N-dealkylation sites (tertiary alicyclic amines) is 1. The van der Waals surface area contributed by atoms with Gasteiger partial charge in [0.1, 0.15) is 11.6 Å². The number of nitrogens with zero attached hydrogens (tertiary/aromatic N) is 4. The molecule has 0 aliphatic carbocycles. The zero-order chi connectivity index (χ0) is 18.9. The molecule has 7 heteroatoms. The second-order valence-electron chi connectivity index (χ2n) is 7.24. The molecule has 1 saturated heterocycles. The van der Waals surface area contributed by atoms with Gasteiger partial charge in [0, 0.05) is 38.6 Å². The Morgan fingerprint density at radius 2 is 2.00 bits per heavy atom. The topological polar surface area (TPSA) is 62.6 Å². The Bertz CT molecular complexity index is 810. The van der Waals surface area contributed by atoms with Crippen LogP contribution in [0.1, 0.15) is 25.6 Å². The van der Waals surface area contributed by atoms with Crippen LogP contribution in [0.5, 0.6) is 5.75 Å². The Morgan fingerprint density at radius 3 is 2.78 bits per heavy atom. The normalized spacial score (nSPS) is 19.0. The number of amides is 2. The number of urea groups is 1. The van der Waals surface area contributed by atoms with E-state index in [0.717, 1.165) is 37.4 Å². The summed E-state index contributed by atoms with van der Waals surface area (Å²) in [6.07, 6.45) is 5.73. The van der Waals surface area contributed by atoms with E-state index in [9.17, 15) is 4.79 Å². The first-order chi connectivity index (χ1) is 13.1. The Labute approximate surface area is 159 Å². The number of para-hydroxylation sites is 2. The monoisotopic (exact) mass is 369 g/mol. The zero-order valence-corrected chi connectivity index (χ0v) is 16.0. The van der Waals surface area contributed by atoms with Gasteiger partial charge in [0.05, 0.1) is 17.8 Å². The van der Waals surface area contributed by atoms with Crippen molar-refractivity contribution in [3.8, 4) is 5.75 Å². The van der Waals surface area contributed by atoms with Gasteiger partial charge >= 0.3 is 6.03 Å². The van der Waals surface area contributed by atoms with Crippen LogP contribution in [0, 0.1) is 0 Å². The van der Waals surface area contributed by atoms with Crippen LogP contribution >= 0.6 is 0 Å². The van der Waals surface area contributed by atoms with E-state index >= 15 is 0 Å². The number of fused-ring (bicyclic) bond motifs is 2. The average molecular weight is 369 g/mol. The predicted molar refractivity (Wildman–Crippen MR) is 104 cm³/mol. The molecule has 2 amide bonds. The van der Waals surface area contributed by atoms with Crippen LogP contribution in [0.4, 0.5) is 10.5 Å². The molecule has 0 radical (unpaired) electrons. The number of piperidine rings is 1. The Kier molecular flexibility index (Phi) is 4.78. The fourth-order valence-electron chi connectivity index (χ4n) is 4.27. The Hall–Kier alpha value is -2.54. The summed E-state index contributed by atoms with van der Waals surface area (Å²) in [6, 6.07) is 7.49. The van der Waals surface area contributed by atoms with Crippen LogP contribution < -0.4 is 10.1 Å². The van der Waals surface area contributed by atoms with Gasteiger partial charge in [-0.15, -0.1) is 0 Å². The highest BCUT2D eigenvalue weighted by Crippen LogP contribution is 2.39. The second-order valence-corrected chi connectivity index (χ2v) is 7.24. The number of aromatic nitrogens is 2. The Balaban J connectivity index is 1.45. The first-order valence-electron chi connectivity index (χ1n) is 9.64. The quantitative estimate of drug-likeness (QED) is 0.904. The van der Waals surface area contributed by atoms with Crippen molar-refractivity contribution in [1.82, 2.24) is 19.4 Å². The van der Waals surface area contributed by atoms with Crippen molar-refractivity contribution >= 4 is 11.7 Å². The first-order valence-corrected chi connectivity index (χ1v) is 9.64. The van der Waals surface area contributed by atoms with Gasteiger partial charge in [0.2, 0.25) is 0 Å². The first kappa shape index (κ1) is 17.9. The number of carbonyl (C=O) groups is 1. The number of imidazole rings is 1. The molecule has 1 spiro atoms. The number of ether oxygens (including phenoxy) is 1. The lowest BCUT2D eigenvalue weighted by Gasteiger charge is -2.49. The maximum Gasteiger partial charge on any atom is 0.321 e. The molecule has 0 unspecified atom stereocenters. The third kappa shape index (κ3) is 3.16. The van der Waals surface area contributed by atoms with Gasteiger partial charge in [0.25, 0.3) is 0 Å². The van der Waals surface area contributed by atoms with Crippen LogP contribution in [-0.4, -0.2) is 58.7 Å². The standard InChI is InChI=1S/C20H27N5O2/c1-3-27-17-7-5-4-6-16(17)22-19(26)25-11-8-20(9-12-25)18-21-10-13-24(18)15-14-23(20)2/h4-7,10,13H,3,8-9,11-12,14-15H2,1-2H3,(H,22,26). The van der Waals surface area contributed by atoms with E-state index in [-0.39, 0.29) is 11.6 Å². The van der Waals surface area contributed by atoms with Crippen molar-refractivity contribution < 1.29 is 9.53 Å². The van der Waals surface area contributed by atoms with Crippen molar-refractivity contribution in [2.24, 2.45) is 0 Å². The van der Waals surface area contributed by atoms with Crippen LogP contribution in [0.2, 0.25) is 0 Å². The van der Waals surface area contributed by atoms with Crippen molar-refractivity contribution in [3.63, 3.8) is 0 Å². The zero-order valence-electron chi connectivity index (χ0n) is 16.0. The molecule has 0 saturated carbocycles. The van der Waals surface area contributed by atoms with E-state index in [1.807, 2.05) is 42.3 Å². The maximum absolute atomic E-state index is 12.8. The van der Waals surface area contributed by atoms with Gasteiger partial charge in [0.15, 0.2) is 0 Å². The minimum absolute atomic E-state index is 0.0677. The molecule has 27 heavy (non-hydrogen) atoms. The summed E-state index contributed by atoms with van der Waals surface area (Å²) in [7, 11) is 2.17. The molecule has 1 fully saturated rings. The highest BCUT2D eigenvalue weighted by molar-refractivity contribution is 5.91. The van der Waals surface area contributed by atoms with Gasteiger partial charge < -0.3 is 19.5 Å². The van der Waals surface area contributed by atoms with Gasteiger partial charge in [-0.25, -0.2) is 9.78 Å². The van der Waals surface area contributed by atoms with E-state index in [1.54, 1.807) is 0 Å². The van der Waals surface area contributed by atoms with Gasteiger partial charge in [-0.05, 0) is 38.9 Å². The molecule has 0 atom stereocenters. The molecule has 144 valence electrons.